The van der Waals surface area contributed by atoms with Crippen LogP contribution < -0.4 is 0 Å². The SMILES string of the molecule is CC1(C)OC2C3OC(C)(C)O[C@H]3C(C[N+](=O)[O-])O[C@H]2O1. The van der Waals surface area contributed by atoms with E-state index in [0.29, 0.717) is 0 Å². The molecule has 0 amide bonds. The second kappa shape index (κ2) is 4.35. The van der Waals surface area contributed by atoms with E-state index in [1.54, 1.807) is 27.7 Å². The first-order chi connectivity index (χ1) is 9.17. The molecule has 114 valence electrons. The van der Waals surface area contributed by atoms with Gasteiger partial charge in [0, 0.05) is 4.92 Å². The minimum Gasteiger partial charge on any atom is -0.342 e. The molecule has 3 fully saturated rings. The van der Waals surface area contributed by atoms with Gasteiger partial charge in [-0.3, -0.25) is 10.1 Å². The Morgan fingerprint density at radius 2 is 1.50 bits per heavy atom. The van der Waals surface area contributed by atoms with E-state index in [2.05, 4.69) is 0 Å². The molecule has 3 heterocycles. The van der Waals surface area contributed by atoms with Crippen LogP contribution in [0.1, 0.15) is 27.7 Å². The van der Waals surface area contributed by atoms with Crippen LogP contribution in [0.15, 0.2) is 0 Å². The van der Waals surface area contributed by atoms with Crippen molar-refractivity contribution in [2.75, 3.05) is 6.54 Å². The zero-order chi connectivity index (χ0) is 14.7. The molecule has 8 heteroatoms. The summed E-state index contributed by atoms with van der Waals surface area (Å²) in [7, 11) is 0. The zero-order valence-corrected chi connectivity index (χ0v) is 11.9. The Morgan fingerprint density at radius 1 is 0.950 bits per heavy atom. The highest BCUT2D eigenvalue weighted by atomic mass is 16.9. The summed E-state index contributed by atoms with van der Waals surface area (Å²) in [6.45, 7) is 6.73. The van der Waals surface area contributed by atoms with Crippen molar-refractivity contribution in [2.24, 2.45) is 0 Å². The molecule has 0 N–H and O–H groups in total. The van der Waals surface area contributed by atoms with Crippen LogP contribution in [0.25, 0.3) is 0 Å². The van der Waals surface area contributed by atoms with Crippen LogP contribution >= 0.6 is 0 Å². The highest BCUT2D eigenvalue weighted by molar-refractivity contribution is 4.99. The minimum absolute atomic E-state index is 0.354. The van der Waals surface area contributed by atoms with Gasteiger partial charge in [-0.25, -0.2) is 0 Å². The van der Waals surface area contributed by atoms with Gasteiger partial charge in [0.05, 0.1) is 0 Å². The molecule has 3 saturated heterocycles. The average Bonchev–Trinajstić information content (AvgIpc) is 2.73. The maximum Gasteiger partial charge on any atom is 0.232 e. The summed E-state index contributed by atoms with van der Waals surface area (Å²) in [5.74, 6) is -1.63. The van der Waals surface area contributed by atoms with Crippen molar-refractivity contribution in [3.05, 3.63) is 10.1 Å². The van der Waals surface area contributed by atoms with Gasteiger partial charge in [0.1, 0.15) is 18.3 Å². The number of rotatable bonds is 2. The molecule has 3 rings (SSSR count). The third-order valence-corrected chi connectivity index (χ3v) is 3.58. The maximum atomic E-state index is 10.8. The highest BCUT2D eigenvalue weighted by Crippen LogP contribution is 2.43. The molecule has 0 aromatic heterocycles. The predicted octanol–water partition coefficient (Wildman–Crippen LogP) is 0.660. The van der Waals surface area contributed by atoms with Gasteiger partial charge in [0.15, 0.2) is 24.0 Å². The molecule has 5 atom stereocenters. The summed E-state index contributed by atoms with van der Waals surface area (Å²) < 4.78 is 28.7. The van der Waals surface area contributed by atoms with Crippen molar-refractivity contribution >= 4 is 0 Å². The number of nitrogens with zero attached hydrogens (tertiary/aromatic N) is 1. The Morgan fingerprint density at radius 3 is 2.15 bits per heavy atom. The van der Waals surface area contributed by atoms with Crippen molar-refractivity contribution < 1.29 is 28.6 Å². The van der Waals surface area contributed by atoms with Crippen molar-refractivity contribution in [3.63, 3.8) is 0 Å². The fourth-order valence-electron chi connectivity index (χ4n) is 2.99. The van der Waals surface area contributed by atoms with Gasteiger partial charge in [-0.1, -0.05) is 0 Å². The molecule has 0 bridgehead atoms. The van der Waals surface area contributed by atoms with Gasteiger partial charge in [0.2, 0.25) is 6.54 Å². The van der Waals surface area contributed by atoms with Gasteiger partial charge in [-0.2, -0.15) is 0 Å². The molecule has 0 aromatic rings. The van der Waals surface area contributed by atoms with E-state index in [9.17, 15) is 10.1 Å². The monoisotopic (exact) mass is 289 g/mol. The quantitative estimate of drug-likeness (QED) is 0.545. The van der Waals surface area contributed by atoms with Crippen molar-refractivity contribution in [2.45, 2.75) is 70.0 Å². The van der Waals surface area contributed by atoms with Gasteiger partial charge in [-0.05, 0) is 27.7 Å². The average molecular weight is 289 g/mol. The molecule has 0 saturated carbocycles. The Labute approximate surface area is 116 Å². The summed E-state index contributed by atoms with van der Waals surface area (Å²) >= 11 is 0. The van der Waals surface area contributed by atoms with E-state index in [0.717, 1.165) is 0 Å². The lowest BCUT2D eigenvalue weighted by Gasteiger charge is -2.35. The second-order valence-electron chi connectivity index (χ2n) is 6.22. The highest BCUT2D eigenvalue weighted by Gasteiger charge is 2.61. The summed E-state index contributed by atoms with van der Waals surface area (Å²) in [6.07, 6.45) is -2.80. The maximum absolute atomic E-state index is 10.8. The normalized spacial score (nSPS) is 44.9. The molecule has 3 unspecified atom stereocenters. The Bertz CT molecular complexity index is 424. The van der Waals surface area contributed by atoms with E-state index in [-0.39, 0.29) is 6.54 Å². The number of fused-ring (bicyclic) bond motifs is 3. The standard InChI is InChI=1S/C12H19NO7/c1-11(2)17-7-6(5-13(14)15)16-10-9(8(7)18-11)19-12(3,4)20-10/h6-10H,5H2,1-4H3/t6?,7-,8?,9?,10-/m0/s1. The fourth-order valence-corrected chi connectivity index (χ4v) is 2.99. The van der Waals surface area contributed by atoms with Gasteiger partial charge in [-0.15, -0.1) is 0 Å². The van der Waals surface area contributed by atoms with Crippen LogP contribution in [0.5, 0.6) is 0 Å². The molecule has 0 spiro atoms. The Kier molecular flexibility index (Phi) is 3.07. The predicted molar refractivity (Wildman–Crippen MR) is 64.4 cm³/mol. The smallest absolute Gasteiger partial charge is 0.232 e. The fraction of sp³-hybridized carbons (Fsp3) is 1.00. The van der Waals surface area contributed by atoms with Gasteiger partial charge < -0.3 is 23.7 Å². The largest absolute Gasteiger partial charge is 0.342 e. The van der Waals surface area contributed by atoms with E-state index in [1.165, 1.54) is 0 Å². The first kappa shape index (κ1) is 14.2. The van der Waals surface area contributed by atoms with Gasteiger partial charge in [0.25, 0.3) is 0 Å². The lowest BCUT2D eigenvalue weighted by molar-refractivity contribution is -0.499. The summed E-state index contributed by atoms with van der Waals surface area (Å²) in [6, 6.07) is 0. The van der Waals surface area contributed by atoms with E-state index in [1.807, 2.05) is 0 Å². The van der Waals surface area contributed by atoms with Crippen LogP contribution in [-0.2, 0) is 23.7 Å². The van der Waals surface area contributed by atoms with Crippen LogP contribution in [0.3, 0.4) is 0 Å². The molecular formula is C12H19NO7. The first-order valence-corrected chi connectivity index (χ1v) is 6.65. The molecule has 0 aromatic carbocycles. The van der Waals surface area contributed by atoms with Crippen LogP contribution in [0.4, 0.5) is 0 Å². The minimum atomic E-state index is -0.821. The number of nitro groups is 1. The number of hydrogen-bond acceptors (Lipinski definition) is 7. The molecule has 3 aliphatic heterocycles. The Balaban J connectivity index is 1.86. The molecular weight excluding hydrogens is 270 g/mol. The molecule has 0 radical (unpaired) electrons. The summed E-state index contributed by atoms with van der Waals surface area (Å²) in [5.41, 5.74) is 0. The summed E-state index contributed by atoms with van der Waals surface area (Å²) in [4.78, 5) is 10.4. The van der Waals surface area contributed by atoms with Crippen molar-refractivity contribution in [1.29, 1.82) is 0 Å². The van der Waals surface area contributed by atoms with Crippen LogP contribution in [-0.4, -0.2) is 53.7 Å². The van der Waals surface area contributed by atoms with Crippen LogP contribution in [0.2, 0.25) is 0 Å². The molecule has 8 nitrogen and oxygen atoms in total. The van der Waals surface area contributed by atoms with Crippen molar-refractivity contribution in [3.8, 4) is 0 Å². The lowest BCUT2D eigenvalue weighted by atomic mass is 9.99. The van der Waals surface area contributed by atoms with Crippen LogP contribution in [0, 0.1) is 10.1 Å². The Hall–Kier alpha value is -0.800. The first-order valence-electron chi connectivity index (χ1n) is 6.65. The second-order valence-corrected chi connectivity index (χ2v) is 6.22. The summed E-state index contributed by atoms with van der Waals surface area (Å²) in [5, 5.41) is 10.8. The number of hydrogen-bond donors (Lipinski definition) is 0. The molecule has 3 aliphatic rings. The lowest BCUT2D eigenvalue weighted by Crippen LogP contribution is -2.56. The van der Waals surface area contributed by atoms with E-state index >= 15 is 0 Å². The molecule has 0 aliphatic carbocycles. The number of ether oxygens (including phenoxy) is 5. The third kappa shape index (κ3) is 2.42. The zero-order valence-electron chi connectivity index (χ0n) is 11.9. The third-order valence-electron chi connectivity index (χ3n) is 3.58. The van der Waals surface area contributed by atoms with E-state index in [4.69, 9.17) is 23.7 Å². The topological polar surface area (TPSA) is 89.3 Å². The van der Waals surface area contributed by atoms with E-state index < -0.39 is 47.2 Å². The van der Waals surface area contributed by atoms with Gasteiger partial charge >= 0.3 is 0 Å². The van der Waals surface area contributed by atoms with Crippen molar-refractivity contribution in [1.82, 2.24) is 0 Å². The molecule has 20 heavy (non-hydrogen) atoms.